The van der Waals surface area contributed by atoms with E-state index in [4.69, 9.17) is 5.10 Å². The molecular weight excluding hydrogens is 334 g/mol. The van der Waals surface area contributed by atoms with Gasteiger partial charge >= 0.3 is 0 Å². The Kier molecular flexibility index (Phi) is 5.07. The van der Waals surface area contributed by atoms with Crippen LogP contribution in [0, 0.1) is 32.6 Å². The summed E-state index contributed by atoms with van der Waals surface area (Å²) in [7, 11) is 0. The summed E-state index contributed by atoms with van der Waals surface area (Å²) < 4.78 is 1.99. The fourth-order valence-corrected chi connectivity index (χ4v) is 4.97. The Morgan fingerprint density at radius 1 is 1.04 bits per heavy atom. The van der Waals surface area contributed by atoms with Crippen molar-refractivity contribution in [3.8, 4) is 0 Å². The summed E-state index contributed by atoms with van der Waals surface area (Å²) in [5.41, 5.74) is 5.14. The number of benzene rings is 1. The van der Waals surface area contributed by atoms with Crippen LogP contribution in [-0.4, -0.2) is 33.7 Å². The number of nitrogens with zero attached hydrogens (tertiary/aromatic N) is 3. The summed E-state index contributed by atoms with van der Waals surface area (Å²) in [6, 6.07) is 8.53. The zero-order valence-corrected chi connectivity index (χ0v) is 16.9. The molecule has 0 bridgehead atoms. The molecule has 0 unspecified atom stereocenters. The van der Waals surface area contributed by atoms with Gasteiger partial charge in [0.1, 0.15) is 0 Å². The van der Waals surface area contributed by atoms with E-state index in [9.17, 15) is 4.79 Å². The SMILES string of the molecule is Cc1ccc(Cn2nc(C)c(C(=O)N3CC[C@H]4CCCC[C@H]4C3)c2C)cc1. The van der Waals surface area contributed by atoms with Gasteiger partial charge in [0.25, 0.3) is 5.91 Å². The molecule has 1 saturated carbocycles. The molecule has 1 aliphatic carbocycles. The van der Waals surface area contributed by atoms with E-state index in [0.717, 1.165) is 36.0 Å². The van der Waals surface area contributed by atoms with Crippen molar-refractivity contribution in [2.75, 3.05) is 13.1 Å². The van der Waals surface area contributed by atoms with Crippen molar-refractivity contribution in [1.29, 1.82) is 0 Å². The molecule has 4 heteroatoms. The zero-order chi connectivity index (χ0) is 19.0. The number of hydrogen-bond acceptors (Lipinski definition) is 2. The number of aryl methyl sites for hydroxylation is 2. The van der Waals surface area contributed by atoms with Crippen LogP contribution in [0.25, 0.3) is 0 Å². The van der Waals surface area contributed by atoms with Gasteiger partial charge in [-0.15, -0.1) is 0 Å². The van der Waals surface area contributed by atoms with Crippen LogP contribution in [0.4, 0.5) is 0 Å². The van der Waals surface area contributed by atoms with Crippen molar-refractivity contribution >= 4 is 5.91 Å². The fraction of sp³-hybridized carbons (Fsp3) is 0.565. The largest absolute Gasteiger partial charge is 0.338 e. The Morgan fingerprint density at radius 3 is 2.48 bits per heavy atom. The van der Waals surface area contributed by atoms with Crippen LogP contribution in [0.15, 0.2) is 24.3 Å². The van der Waals surface area contributed by atoms with Crippen LogP contribution in [-0.2, 0) is 6.54 Å². The molecule has 27 heavy (non-hydrogen) atoms. The molecule has 0 radical (unpaired) electrons. The van der Waals surface area contributed by atoms with Crippen molar-refractivity contribution in [2.24, 2.45) is 11.8 Å². The molecule has 1 aromatic heterocycles. The van der Waals surface area contributed by atoms with Gasteiger partial charge in [-0.25, -0.2) is 0 Å². The van der Waals surface area contributed by atoms with E-state index in [2.05, 4.69) is 36.1 Å². The van der Waals surface area contributed by atoms with Crippen molar-refractivity contribution in [1.82, 2.24) is 14.7 Å². The Hall–Kier alpha value is -2.10. The van der Waals surface area contributed by atoms with Crippen molar-refractivity contribution in [2.45, 2.75) is 59.4 Å². The number of rotatable bonds is 3. The quantitative estimate of drug-likeness (QED) is 0.803. The first-order valence-electron chi connectivity index (χ1n) is 10.4. The van der Waals surface area contributed by atoms with E-state index in [-0.39, 0.29) is 5.91 Å². The average molecular weight is 366 g/mol. The molecule has 144 valence electrons. The number of aromatic nitrogens is 2. The Morgan fingerprint density at radius 2 is 1.74 bits per heavy atom. The summed E-state index contributed by atoms with van der Waals surface area (Å²) in [6.45, 7) is 8.66. The third kappa shape index (κ3) is 3.67. The third-order valence-corrected chi connectivity index (χ3v) is 6.63. The van der Waals surface area contributed by atoms with Crippen molar-refractivity contribution in [3.63, 3.8) is 0 Å². The van der Waals surface area contributed by atoms with Crippen LogP contribution in [0.2, 0.25) is 0 Å². The Bertz CT molecular complexity index is 821. The lowest BCUT2D eigenvalue weighted by molar-refractivity contribution is 0.0519. The lowest BCUT2D eigenvalue weighted by Gasteiger charge is -2.41. The van der Waals surface area contributed by atoms with Gasteiger partial charge < -0.3 is 4.90 Å². The maximum Gasteiger partial charge on any atom is 0.257 e. The molecule has 1 aromatic carbocycles. The number of fused-ring (bicyclic) bond motifs is 1. The monoisotopic (exact) mass is 365 g/mol. The van der Waals surface area contributed by atoms with Gasteiger partial charge in [0.05, 0.1) is 17.8 Å². The van der Waals surface area contributed by atoms with Gasteiger partial charge in [0, 0.05) is 18.8 Å². The summed E-state index contributed by atoms with van der Waals surface area (Å²) in [5.74, 6) is 1.73. The second-order valence-corrected chi connectivity index (χ2v) is 8.53. The van der Waals surface area contributed by atoms with E-state index in [1.807, 2.05) is 18.5 Å². The van der Waals surface area contributed by atoms with Crippen LogP contribution < -0.4 is 0 Å². The third-order valence-electron chi connectivity index (χ3n) is 6.63. The van der Waals surface area contributed by atoms with Crippen LogP contribution in [0.1, 0.15) is 65.0 Å². The fourth-order valence-electron chi connectivity index (χ4n) is 4.97. The van der Waals surface area contributed by atoms with E-state index >= 15 is 0 Å². The normalized spacial score (nSPS) is 22.6. The van der Waals surface area contributed by atoms with Gasteiger partial charge in [-0.2, -0.15) is 5.10 Å². The minimum Gasteiger partial charge on any atom is -0.338 e. The highest BCUT2D eigenvalue weighted by atomic mass is 16.2. The van der Waals surface area contributed by atoms with E-state index in [1.165, 1.54) is 43.2 Å². The molecule has 4 nitrogen and oxygen atoms in total. The molecule has 2 heterocycles. The molecule has 1 aliphatic heterocycles. The van der Waals surface area contributed by atoms with Gasteiger partial charge in [0.2, 0.25) is 0 Å². The highest BCUT2D eigenvalue weighted by Gasteiger charge is 2.34. The number of amides is 1. The van der Waals surface area contributed by atoms with Gasteiger partial charge in [-0.1, -0.05) is 49.1 Å². The molecule has 1 saturated heterocycles. The summed E-state index contributed by atoms with van der Waals surface area (Å²) in [6.07, 6.45) is 6.53. The maximum absolute atomic E-state index is 13.3. The predicted octanol–water partition coefficient (Wildman–Crippen LogP) is 4.51. The number of carbonyl (C=O) groups excluding carboxylic acids is 1. The molecule has 0 spiro atoms. The number of likely N-dealkylation sites (tertiary alicyclic amines) is 1. The molecule has 0 N–H and O–H groups in total. The maximum atomic E-state index is 13.3. The number of carbonyl (C=O) groups is 1. The standard InChI is InChI=1S/C23H31N3O/c1-16-8-10-19(11-9-16)14-26-18(3)22(17(2)24-26)23(27)25-13-12-20-6-4-5-7-21(20)15-25/h8-11,20-21H,4-7,12-15H2,1-3H3/t20-,21+/m1/s1. The van der Waals surface area contributed by atoms with Crippen molar-refractivity contribution in [3.05, 3.63) is 52.3 Å². The molecule has 1 amide bonds. The first kappa shape index (κ1) is 18.3. The van der Waals surface area contributed by atoms with Crippen LogP contribution >= 0.6 is 0 Å². The molecule has 2 aliphatic rings. The van der Waals surface area contributed by atoms with Crippen LogP contribution in [0.3, 0.4) is 0 Å². The lowest BCUT2D eigenvalue weighted by Crippen LogP contribution is -2.45. The topological polar surface area (TPSA) is 38.1 Å². The number of piperidine rings is 1. The molecule has 2 aromatic rings. The smallest absolute Gasteiger partial charge is 0.257 e. The predicted molar refractivity (Wildman–Crippen MR) is 108 cm³/mol. The Labute approximate surface area is 162 Å². The Balaban J connectivity index is 1.52. The van der Waals surface area contributed by atoms with E-state index in [0.29, 0.717) is 12.5 Å². The summed E-state index contributed by atoms with van der Waals surface area (Å²) in [5, 5.41) is 4.69. The lowest BCUT2D eigenvalue weighted by atomic mass is 9.75. The molecule has 4 rings (SSSR count). The first-order chi connectivity index (χ1) is 13.0. The zero-order valence-electron chi connectivity index (χ0n) is 16.9. The summed E-state index contributed by atoms with van der Waals surface area (Å²) in [4.78, 5) is 15.4. The van der Waals surface area contributed by atoms with Gasteiger partial charge in [-0.3, -0.25) is 9.48 Å². The summed E-state index contributed by atoms with van der Waals surface area (Å²) >= 11 is 0. The highest BCUT2D eigenvalue weighted by Crippen LogP contribution is 2.36. The minimum absolute atomic E-state index is 0.184. The van der Waals surface area contributed by atoms with Crippen LogP contribution in [0.5, 0.6) is 0 Å². The highest BCUT2D eigenvalue weighted by molar-refractivity contribution is 5.96. The van der Waals surface area contributed by atoms with Gasteiger partial charge in [-0.05, 0) is 51.0 Å². The second kappa shape index (κ2) is 7.49. The second-order valence-electron chi connectivity index (χ2n) is 8.53. The first-order valence-corrected chi connectivity index (χ1v) is 10.4. The molecular formula is C23H31N3O. The minimum atomic E-state index is 0.184. The van der Waals surface area contributed by atoms with E-state index in [1.54, 1.807) is 0 Å². The van der Waals surface area contributed by atoms with E-state index < -0.39 is 0 Å². The molecule has 2 fully saturated rings. The van der Waals surface area contributed by atoms with Crippen molar-refractivity contribution < 1.29 is 4.79 Å². The number of hydrogen-bond donors (Lipinski definition) is 0. The van der Waals surface area contributed by atoms with Gasteiger partial charge in [0.15, 0.2) is 0 Å². The molecule has 2 atom stereocenters. The average Bonchev–Trinajstić information content (AvgIpc) is 2.96.